The fourth-order valence-electron chi connectivity index (χ4n) is 1.77. The van der Waals surface area contributed by atoms with E-state index in [1.54, 1.807) is 0 Å². The third-order valence-corrected chi connectivity index (χ3v) is 2.76. The number of carbonyl (C=O) groups excluding carboxylic acids is 1. The zero-order valence-corrected chi connectivity index (χ0v) is 11.8. The van der Waals surface area contributed by atoms with Crippen LogP contribution >= 0.6 is 0 Å². The molecule has 1 aromatic carbocycles. The Morgan fingerprint density at radius 2 is 2.11 bits per heavy atom. The second-order valence-electron chi connectivity index (χ2n) is 4.14. The van der Waals surface area contributed by atoms with Gasteiger partial charge < -0.3 is 9.47 Å². The number of allylic oxidation sites excluding steroid dienone is 1. The van der Waals surface area contributed by atoms with Crippen molar-refractivity contribution < 1.29 is 14.3 Å². The quantitative estimate of drug-likeness (QED) is 0.388. The molecule has 19 heavy (non-hydrogen) atoms. The van der Waals surface area contributed by atoms with Crippen molar-refractivity contribution in [2.24, 2.45) is 0 Å². The van der Waals surface area contributed by atoms with E-state index in [0.717, 1.165) is 16.9 Å². The van der Waals surface area contributed by atoms with Gasteiger partial charge in [0.15, 0.2) is 5.78 Å². The van der Waals surface area contributed by atoms with Crippen LogP contribution in [0.15, 0.2) is 30.9 Å². The van der Waals surface area contributed by atoms with Gasteiger partial charge in [0.05, 0.1) is 6.61 Å². The molecule has 3 nitrogen and oxygen atoms in total. The Labute approximate surface area is 115 Å². The topological polar surface area (TPSA) is 35.5 Å². The highest BCUT2D eigenvalue weighted by molar-refractivity contribution is 5.96. The molecule has 0 spiro atoms. The Bertz CT molecular complexity index is 424. The summed E-state index contributed by atoms with van der Waals surface area (Å²) in [6.07, 6.45) is 3.01. The smallest absolute Gasteiger partial charge is 0.162 e. The maximum Gasteiger partial charge on any atom is 0.162 e. The fraction of sp³-hybridized carbons (Fsp3) is 0.438. The van der Waals surface area contributed by atoms with Crippen LogP contribution in [-0.4, -0.2) is 25.6 Å². The largest absolute Gasteiger partial charge is 0.491 e. The Hall–Kier alpha value is -1.61. The standard InChI is InChI=1S/C16H22O3/c1-4-7-14-12-13(15(17)5-2)8-9-16(14)19-11-10-18-6-3/h4,8-9,12H,1,5-7,10-11H2,2-3H3. The van der Waals surface area contributed by atoms with E-state index in [9.17, 15) is 4.79 Å². The van der Waals surface area contributed by atoms with Gasteiger partial charge in [0.2, 0.25) is 0 Å². The van der Waals surface area contributed by atoms with Crippen LogP contribution in [0.2, 0.25) is 0 Å². The Balaban J connectivity index is 2.79. The molecule has 0 aliphatic heterocycles. The third-order valence-electron chi connectivity index (χ3n) is 2.76. The number of ketones is 1. The zero-order valence-electron chi connectivity index (χ0n) is 11.8. The van der Waals surface area contributed by atoms with Crippen molar-refractivity contribution >= 4 is 5.78 Å². The molecule has 0 N–H and O–H groups in total. The molecule has 0 aliphatic rings. The third kappa shape index (κ3) is 4.87. The molecular formula is C16H22O3. The predicted octanol–water partition coefficient (Wildman–Crippen LogP) is 3.42. The van der Waals surface area contributed by atoms with Crippen molar-refractivity contribution in [2.75, 3.05) is 19.8 Å². The molecule has 0 amide bonds. The fourth-order valence-corrected chi connectivity index (χ4v) is 1.77. The highest BCUT2D eigenvalue weighted by Crippen LogP contribution is 2.22. The van der Waals surface area contributed by atoms with E-state index in [1.165, 1.54) is 0 Å². The number of hydrogen-bond donors (Lipinski definition) is 0. The molecule has 0 saturated heterocycles. The van der Waals surface area contributed by atoms with E-state index < -0.39 is 0 Å². The first kappa shape index (κ1) is 15.4. The average Bonchev–Trinajstić information content (AvgIpc) is 2.44. The molecule has 0 aromatic heterocycles. The van der Waals surface area contributed by atoms with Crippen LogP contribution in [0.25, 0.3) is 0 Å². The summed E-state index contributed by atoms with van der Waals surface area (Å²) in [4.78, 5) is 11.7. The maximum atomic E-state index is 11.7. The van der Waals surface area contributed by atoms with Gasteiger partial charge in [-0.2, -0.15) is 0 Å². The number of benzene rings is 1. The monoisotopic (exact) mass is 262 g/mol. The minimum Gasteiger partial charge on any atom is -0.491 e. The van der Waals surface area contributed by atoms with Crippen LogP contribution in [0.4, 0.5) is 0 Å². The van der Waals surface area contributed by atoms with Crippen LogP contribution < -0.4 is 4.74 Å². The van der Waals surface area contributed by atoms with Gasteiger partial charge in [0, 0.05) is 18.6 Å². The number of rotatable bonds is 9. The molecule has 0 atom stereocenters. The van der Waals surface area contributed by atoms with Crippen molar-refractivity contribution in [3.63, 3.8) is 0 Å². The van der Waals surface area contributed by atoms with Crippen LogP contribution in [-0.2, 0) is 11.2 Å². The van der Waals surface area contributed by atoms with Crippen LogP contribution in [0.1, 0.15) is 36.2 Å². The van der Waals surface area contributed by atoms with Crippen LogP contribution in [0.5, 0.6) is 5.75 Å². The number of Topliss-reactive ketones (excluding diaryl/α,β-unsaturated/α-hetero) is 1. The lowest BCUT2D eigenvalue weighted by Gasteiger charge is -2.12. The second-order valence-corrected chi connectivity index (χ2v) is 4.14. The van der Waals surface area contributed by atoms with Gasteiger partial charge in [0.1, 0.15) is 12.4 Å². The van der Waals surface area contributed by atoms with Crippen molar-refractivity contribution in [2.45, 2.75) is 26.7 Å². The van der Waals surface area contributed by atoms with E-state index in [-0.39, 0.29) is 5.78 Å². The molecule has 0 unspecified atom stereocenters. The van der Waals surface area contributed by atoms with E-state index in [0.29, 0.717) is 32.7 Å². The molecule has 3 heteroatoms. The average molecular weight is 262 g/mol. The maximum absolute atomic E-state index is 11.7. The van der Waals surface area contributed by atoms with E-state index in [4.69, 9.17) is 9.47 Å². The molecule has 104 valence electrons. The summed E-state index contributed by atoms with van der Waals surface area (Å²) in [5, 5.41) is 0. The number of hydrogen-bond acceptors (Lipinski definition) is 3. The lowest BCUT2D eigenvalue weighted by molar-refractivity contribution is 0.0987. The summed E-state index contributed by atoms with van der Waals surface area (Å²) in [5.41, 5.74) is 1.72. The SMILES string of the molecule is C=CCc1cc(C(=O)CC)ccc1OCCOCC. The van der Waals surface area contributed by atoms with Gasteiger partial charge in [0.25, 0.3) is 0 Å². The molecule has 0 aliphatic carbocycles. The second kappa shape index (κ2) is 8.48. The molecule has 0 radical (unpaired) electrons. The summed E-state index contributed by atoms with van der Waals surface area (Å²) in [6.45, 7) is 9.32. The summed E-state index contributed by atoms with van der Waals surface area (Å²) >= 11 is 0. The van der Waals surface area contributed by atoms with Crippen molar-refractivity contribution in [3.8, 4) is 5.75 Å². The van der Waals surface area contributed by atoms with Gasteiger partial charge in [-0.1, -0.05) is 13.0 Å². The normalized spacial score (nSPS) is 10.2. The summed E-state index contributed by atoms with van der Waals surface area (Å²) in [5.74, 6) is 0.943. The summed E-state index contributed by atoms with van der Waals surface area (Å²) in [6, 6.07) is 5.56. The van der Waals surface area contributed by atoms with E-state index in [2.05, 4.69) is 6.58 Å². The Morgan fingerprint density at radius 1 is 1.32 bits per heavy atom. The molecular weight excluding hydrogens is 240 g/mol. The number of carbonyl (C=O) groups is 1. The van der Waals surface area contributed by atoms with E-state index in [1.807, 2.05) is 38.1 Å². The van der Waals surface area contributed by atoms with Gasteiger partial charge in [-0.25, -0.2) is 0 Å². The Kier molecular flexibility index (Phi) is 6.90. The minimum absolute atomic E-state index is 0.145. The zero-order chi connectivity index (χ0) is 14.1. The first-order valence-electron chi connectivity index (χ1n) is 6.70. The molecule has 1 rings (SSSR count). The first-order chi connectivity index (χ1) is 9.22. The molecule has 0 bridgehead atoms. The van der Waals surface area contributed by atoms with Gasteiger partial charge in [-0.15, -0.1) is 6.58 Å². The Morgan fingerprint density at radius 3 is 2.74 bits per heavy atom. The van der Waals surface area contributed by atoms with Crippen molar-refractivity contribution in [3.05, 3.63) is 42.0 Å². The van der Waals surface area contributed by atoms with Gasteiger partial charge >= 0.3 is 0 Å². The lowest BCUT2D eigenvalue weighted by Crippen LogP contribution is -2.08. The van der Waals surface area contributed by atoms with E-state index >= 15 is 0 Å². The molecule has 0 saturated carbocycles. The highest BCUT2D eigenvalue weighted by atomic mass is 16.5. The van der Waals surface area contributed by atoms with Crippen LogP contribution in [0.3, 0.4) is 0 Å². The number of ether oxygens (including phenoxy) is 2. The van der Waals surface area contributed by atoms with Crippen molar-refractivity contribution in [1.29, 1.82) is 0 Å². The molecule has 0 fully saturated rings. The van der Waals surface area contributed by atoms with Crippen molar-refractivity contribution in [1.82, 2.24) is 0 Å². The molecule has 0 heterocycles. The predicted molar refractivity (Wildman–Crippen MR) is 77.0 cm³/mol. The molecule has 1 aromatic rings. The lowest BCUT2D eigenvalue weighted by atomic mass is 10.0. The summed E-state index contributed by atoms with van der Waals surface area (Å²) < 4.78 is 10.9. The minimum atomic E-state index is 0.145. The summed E-state index contributed by atoms with van der Waals surface area (Å²) in [7, 11) is 0. The van der Waals surface area contributed by atoms with Crippen LogP contribution in [0, 0.1) is 0 Å². The van der Waals surface area contributed by atoms with Gasteiger partial charge in [-0.3, -0.25) is 4.79 Å². The highest BCUT2D eigenvalue weighted by Gasteiger charge is 2.08. The van der Waals surface area contributed by atoms with Gasteiger partial charge in [-0.05, 0) is 37.1 Å². The first-order valence-corrected chi connectivity index (χ1v) is 6.70.